The van der Waals surface area contributed by atoms with Crippen molar-refractivity contribution in [1.82, 2.24) is 9.88 Å². The van der Waals surface area contributed by atoms with Crippen LogP contribution in [0.15, 0.2) is 30.5 Å². The Hall–Kier alpha value is -1.27. The summed E-state index contributed by atoms with van der Waals surface area (Å²) in [5, 5.41) is 11.1. The minimum atomic E-state index is -0.385. The van der Waals surface area contributed by atoms with Crippen LogP contribution in [0.2, 0.25) is 0 Å². The number of aliphatic hydroxyl groups excluding tert-OH is 1. The molecule has 1 aliphatic rings. The number of rotatable bonds is 5. The number of aromatic nitrogens is 1. The molecule has 0 unspecified atom stereocenters. The summed E-state index contributed by atoms with van der Waals surface area (Å²) < 4.78 is 5.38. The normalized spacial score (nSPS) is 21.6. The first-order valence-electron chi connectivity index (χ1n) is 7.69. The fraction of sp³-hybridized carbons (Fsp3) is 0.471. The lowest BCUT2D eigenvalue weighted by Crippen LogP contribution is -2.42. The fourth-order valence-corrected chi connectivity index (χ4v) is 3.89. The summed E-state index contributed by atoms with van der Waals surface area (Å²) in [6.45, 7) is 6.99. The van der Waals surface area contributed by atoms with Gasteiger partial charge in [0.15, 0.2) is 0 Å². The number of likely N-dealkylation sites (N-methyl/N-ethyl adjacent to an activating group) is 1. The summed E-state index contributed by atoms with van der Waals surface area (Å²) in [5.41, 5.74) is 2.45. The SMILES string of the molecule is CCN(Cc1cnc(-c2ccccc2C)s1)[C@@H]1COC[C@H]1O. The lowest BCUT2D eigenvalue weighted by atomic mass is 10.1. The molecule has 5 heteroatoms. The quantitative estimate of drug-likeness (QED) is 0.921. The van der Waals surface area contributed by atoms with E-state index in [2.05, 4.69) is 35.9 Å². The van der Waals surface area contributed by atoms with Crippen molar-refractivity contribution < 1.29 is 9.84 Å². The number of aliphatic hydroxyl groups is 1. The van der Waals surface area contributed by atoms with Crippen LogP contribution in [0.5, 0.6) is 0 Å². The monoisotopic (exact) mass is 318 g/mol. The van der Waals surface area contributed by atoms with Crippen LogP contribution in [-0.2, 0) is 11.3 Å². The molecular weight excluding hydrogens is 296 g/mol. The van der Waals surface area contributed by atoms with Crippen LogP contribution in [0.4, 0.5) is 0 Å². The Kier molecular flexibility index (Phi) is 4.88. The molecular formula is C17H22N2O2S. The second-order valence-electron chi connectivity index (χ2n) is 5.68. The number of aryl methyl sites for hydroxylation is 1. The molecule has 2 aromatic rings. The smallest absolute Gasteiger partial charge is 0.123 e. The van der Waals surface area contributed by atoms with Gasteiger partial charge < -0.3 is 9.84 Å². The minimum Gasteiger partial charge on any atom is -0.389 e. The molecule has 0 spiro atoms. The maximum atomic E-state index is 10.0. The first-order valence-corrected chi connectivity index (χ1v) is 8.51. The number of ether oxygens (including phenoxy) is 1. The highest BCUT2D eigenvalue weighted by atomic mass is 32.1. The van der Waals surface area contributed by atoms with Gasteiger partial charge in [-0.3, -0.25) is 4.90 Å². The molecule has 1 aromatic carbocycles. The molecule has 0 amide bonds. The van der Waals surface area contributed by atoms with E-state index in [-0.39, 0.29) is 12.1 Å². The number of thiazole rings is 1. The lowest BCUT2D eigenvalue weighted by molar-refractivity contribution is 0.0813. The van der Waals surface area contributed by atoms with Crippen molar-refractivity contribution in [3.63, 3.8) is 0 Å². The van der Waals surface area contributed by atoms with E-state index in [1.165, 1.54) is 16.0 Å². The Labute approximate surface area is 135 Å². The number of nitrogens with zero attached hydrogens (tertiary/aromatic N) is 2. The molecule has 1 saturated heterocycles. The van der Waals surface area contributed by atoms with E-state index in [1.807, 2.05) is 18.3 Å². The fourth-order valence-electron chi connectivity index (χ4n) is 2.86. The molecule has 118 valence electrons. The highest BCUT2D eigenvalue weighted by Crippen LogP contribution is 2.29. The van der Waals surface area contributed by atoms with Crippen molar-refractivity contribution in [3.05, 3.63) is 40.9 Å². The number of benzene rings is 1. The van der Waals surface area contributed by atoms with E-state index in [0.29, 0.717) is 13.2 Å². The van der Waals surface area contributed by atoms with Crippen molar-refractivity contribution >= 4 is 11.3 Å². The summed E-state index contributed by atoms with van der Waals surface area (Å²) in [4.78, 5) is 8.07. The molecule has 2 heterocycles. The van der Waals surface area contributed by atoms with Gasteiger partial charge in [0.05, 0.1) is 25.4 Å². The zero-order valence-corrected chi connectivity index (χ0v) is 13.8. The van der Waals surface area contributed by atoms with Crippen LogP contribution >= 0.6 is 11.3 Å². The highest BCUT2D eigenvalue weighted by Gasteiger charge is 2.31. The van der Waals surface area contributed by atoms with Gasteiger partial charge in [-0.2, -0.15) is 0 Å². The third-order valence-corrected chi connectivity index (χ3v) is 5.20. The van der Waals surface area contributed by atoms with Crippen LogP contribution in [0.25, 0.3) is 10.6 Å². The predicted molar refractivity (Wildman–Crippen MR) is 89.0 cm³/mol. The average molecular weight is 318 g/mol. The number of hydrogen-bond acceptors (Lipinski definition) is 5. The Morgan fingerprint density at radius 2 is 2.18 bits per heavy atom. The summed E-state index contributed by atoms with van der Waals surface area (Å²) >= 11 is 1.73. The van der Waals surface area contributed by atoms with Crippen molar-refractivity contribution in [1.29, 1.82) is 0 Å². The molecule has 0 bridgehead atoms. The van der Waals surface area contributed by atoms with Crippen LogP contribution in [0, 0.1) is 6.92 Å². The van der Waals surface area contributed by atoms with E-state index in [9.17, 15) is 5.11 Å². The third kappa shape index (κ3) is 3.22. The predicted octanol–water partition coefficient (Wildman–Crippen LogP) is 2.70. The standard InChI is InChI=1S/C17H22N2O2S/c1-3-19(15-10-21-11-16(15)20)9-13-8-18-17(22-13)14-7-5-4-6-12(14)2/h4-8,15-16,20H,3,9-11H2,1-2H3/t15-,16-/m1/s1. The van der Waals surface area contributed by atoms with E-state index in [4.69, 9.17) is 4.74 Å². The van der Waals surface area contributed by atoms with Gasteiger partial charge >= 0.3 is 0 Å². The summed E-state index contributed by atoms with van der Waals surface area (Å²) in [7, 11) is 0. The topological polar surface area (TPSA) is 45.6 Å². The molecule has 1 aliphatic heterocycles. The molecule has 3 rings (SSSR count). The van der Waals surface area contributed by atoms with Crippen LogP contribution in [-0.4, -0.2) is 46.9 Å². The molecule has 1 fully saturated rings. The Morgan fingerprint density at radius 1 is 1.36 bits per heavy atom. The van der Waals surface area contributed by atoms with E-state index < -0.39 is 0 Å². The third-order valence-electron chi connectivity index (χ3n) is 4.18. The molecule has 22 heavy (non-hydrogen) atoms. The van der Waals surface area contributed by atoms with Gasteiger partial charge in [0.25, 0.3) is 0 Å². The van der Waals surface area contributed by atoms with E-state index in [1.54, 1.807) is 11.3 Å². The zero-order chi connectivity index (χ0) is 15.5. The van der Waals surface area contributed by atoms with Crippen LogP contribution in [0.3, 0.4) is 0 Å². The van der Waals surface area contributed by atoms with E-state index >= 15 is 0 Å². The highest BCUT2D eigenvalue weighted by molar-refractivity contribution is 7.15. The second-order valence-corrected chi connectivity index (χ2v) is 6.80. The summed E-state index contributed by atoms with van der Waals surface area (Å²) in [5.74, 6) is 0. The van der Waals surface area contributed by atoms with Gasteiger partial charge in [-0.15, -0.1) is 11.3 Å². The molecule has 1 aromatic heterocycles. The molecule has 0 radical (unpaired) electrons. The molecule has 2 atom stereocenters. The summed E-state index contributed by atoms with van der Waals surface area (Å²) in [6, 6.07) is 8.42. The van der Waals surface area contributed by atoms with Gasteiger partial charge in [0.2, 0.25) is 0 Å². The van der Waals surface area contributed by atoms with Crippen molar-refractivity contribution in [2.45, 2.75) is 32.5 Å². The van der Waals surface area contributed by atoms with Gasteiger partial charge in [0, 0.05) is 23.2 Å². The first kappa shape index (κ1) is 15.6. The number of hydrogen-bond donors (Lipinski definition) is 1. The van der Waals surface area contributed by atoms with Gasteiger partial charge in [0.1, 0.15) is 5.01 Å². The maximum absolute atomic E-state index is 10.0. The summed E-state index contributed by atoms with van der Waals surface area (Å²) in [6.07, 6.45) is 1.57. The van der Waals surface area contributed by atoms with Gasteiger partial charge in [-0.25, -0.2) is 4.98 Å². The average Bonchev–Trinajstić information content (AvgIpc) is 3.14. The van der Waals surface area contributed by atoms with Crippen molar-refractivity contribution in [2.24, 2.45) is 0 Å². The van der Waals surface area contributed by atoms with Gasteiger partial charge in [-0.1, -0.05) is 31.2 Å². The molecule has 1 N–H and O–H groups in total. The van der Waals surface area contributed by atoms with Crippen LogP contribution < -0.4 is 0 Å². The van der Waals surface area contributed by atoms with Gasteiger partial charge in [-0.05, 0) is 19.0 Å². The van der Waals surface area contributed by atoms with Crippen molar-refractivity contribution in [3.8, 4) is 10.6 Å². The molecule has 0 saturated carbocycles. The molecule has 0 aliphatic carbocycles. The Morgan fingerprint density at radius 3 is 2.86 bits per heavy atom. The van der Waals surface area contributed by atoms with E-state index in [0.717, 1.165) is 18.1 Å². The second kappa shape index (κ2) is 6.87. The molecule has 4 nitrogen and oxygen atoms in total. The Balaban J connectivity index is 1.75. The van der Waals surface area contributed by atoms with Crippen molar-refractivity contribution in [2.75, 3.05) is 19.8 Å². The zero-order valence-electron chi connectivity index (χ0n) is 13.0. The minimum absolute atomic E-state index is 0.0917. The first-order chi connectivity index (χ1) is 10.7. The maximum Gasteiger partial charge on any atom is 0.123 e. The largest absolute Gasteiger partial charge is 0.389 e. The van der Waals surface area contributed by atoms with Crippen LogP contribution in [0.1, 0.15) is 17.4 Å². The lowest BCUT2D eigenvalue weighted by Gasteiger charge is -2.27. The Bertz CT molecular complexity index is 629.